The Labute approximate surface area is 192 Å². The maximum atomic E-state index is 13.6. The summed E-state index contributed by atoms with van der Waals surface area (Å²) in [5.74, 6) is 0.442. The average molecular weight is 508 g/mol. The molecule has 0 radical (unpaired) electrons. The standard InChI is InChI=1S/C21H22F6N4O2S/c22-20(23,24)15-1-2-17-14(5-15)9-30(34(32,33)21(25,26)27)11-18(19-4-3-13(6-19)7-19)31(17)10-16-8-28-12-29-16/h1-2,5,8,12-13,18H,3-4,6-7,9-11H2,(H,28,29)/t13?,18-,19?/m0/s1. The summed E-state index contributed by atoms with van der Waals surface area (Å²) in [6, 6.07) is 2.25. The maximum Gasteiger partial charge on any atom is 0.511 e. The molecule has 186 valence electrons. The summed E-state index contributed by atoms with van der Waals surface area (Å²) < 4.78 is 106. The van der Waals surface area contributed by atoms with Crippen LogP contribution in [0.25, 0.3) is 0 Å². The molecule has 1 aromatic carbocycles. The normalized spacial score (nSPS) is 27.9. The number of nitrogens with one attached hydrogen (secondary N) is 1. The van der Waals surface area contributed by atoms with Crippen molar-refractivity contribution in [1.82, 2.24) is 14.3 Å². The van der Waals surface area contributed by atoms with Gasteiger partial charge in [-0.05, 0) is 60.8 Å². The molecule has 13 heteroatoms. The number of hydrogen-bond acceptors (Lipinski definition) is 4. The minimum absolute atomic E-state index is 0.116. The monoisotopic (exact) mass is 508 g/mol. The number of hydrogen-bond donors (Lipinski definition) is 1. The lowest BCUT2D eigenvalue weighted by Crippen LogP contribution is -2.56. The second-order valence-corrected chi connectivity index (χ2v) is 11.4. The van der Waals surface area contributed by atoms with Crippen molar-refractivity contribution in [3.63, 3.8) is 0 Å². The SMILES string of the molecule is O=S(=O)(N1Cc2cc(C(F)(F)F)ccc2N(Cc2cnc[nH]2)[C@H](C23CCC(C2)C3)C1)C(F)(F)F. The average Bonchev–Trinajstić information content (AvgIpc) is 3.43. The number of aromatic nitrogens is 2. The molecule has 0 saturated heterocycles. The molecule has 6 nitrogen and oxygen atoms in total. The topological polar surface area (TPSA) is 69.3 Å². The van der Waals surface area contributed by atoms with E-state index in [0.717, 1.165) is 37.8 Å². The quantitative estimate of drug-likeness (QED) is 0.611. The van der Waals surface area contributed by atoms with Gasteiger partial charge in [-0.1, -0.05) is 0 Å². The summed E-state index contributed by atoms with van der Waals surface area (Å²) in [5.41, 5.74) is -6.19. The van der Waals surface area contributed by atoms with Gasteiger partial charge in [-0.2, -0.15) is 30.6 Å². The molecule has 3 aliphatic carbocycles. The summed E-state index contributed by atoms with van der Waals surface area (Å²) in [6.45, 7) is -1.11. The van der Waals surface area contributed by atoms with E-state index in [2.05, 4.69) is 9.97 Å². The van der Waals surface area contributed by atoms with Crippen molar-refractivity contribution in [3.8, 4) is 0 Å². The zero-order valence-corrected chi connectivity index (χ0v) is 18.6. The van der Waals surface area contributed by atoms with Gasteiger partial charge in [0.15, 0.2) is 0 Å². The highest BCUT2D eigenvalue weighted by Gasteiger charge is 2.59. The number of alkyl halides is 6. The van der Waals surface area contributed by atoms with Gasteiger partial charge < -0.3 is 9.88 Å². The van der Waals surface area contributed by atoms with Crippen molar-refractivity contribution in [2.75, 3.05) is 11.4 Å². The van der Waals surface area contributed by atoms with E-state index >= 15 is 0 Å². The summed E-state index contributed by atoms with van der Waals surface area (Å²) >= 11 is 0. The van der Waals surface area contributed by atoms with Crippen LogP contribution in [-0.2, 0) is 29.3 Å². The highest BCUT2D eigenvalue weighted by Crippen LogP contribution is 2.62. The minimum atomic E-state index is -5.77. The van der Waals surface area contributed by atoms with Gasteiger partial charge in [0, 0.05) is 31.0 Å². The second kappa shape index (κ2) is 7.61. The summed E-state index contributed by atoms with van der Waals surface area (Å²) in [6.07, 6.45) is 1.39. The largest absolute Gasteiger partial charge is 0.511 e. The smallest absolute Gasteiger partial charge is 0.361 e. The Kier molecular flexibility index (Phi) is 5.25. The molecule has 6 rings (SSSR count). The van der Waals surface area contributed by atoms with E-state index in [9.17, 15) is 34.8 Å². The molecule has 0 spiro atoms. The molecule has 2 bridgehead atoms. The van der Waals surface area contributed by atoms with Crippen LogP contribution >= 0.6 is 0 Å². The van der Waals surface area contributed by atoms with E-state index in [1.807, 2.05) is 0 Å². The summed E-state index contributed by atoms with van der Waals surface area (Å²) in [7, 11) is -5.77. The third-order valence-corrected chi connectivity index (χ3v) is 9.03. The second-order valence-electron chi connectivity index (χ2n) is 9.48. The Morgan fingerprint density at radius 2 is 1.88 bits per heavy atom. The van der Waals surface area contributed by atoms with Crippen molar-refractivity contribution in [1.29, 1.82) is 0 Å². The number of benzene rings is 1. The maximum absolute atomic E-state index is 13.6. The van der Waals surface area contributed by atoms with Gasteiger partial charge in [0.2, 0.25) is 0 Å². The van der Waals surface area contributed by atoms with Crippen molar-refractivity contribution in [2.24, 2.45) is 11.3 Å². The molecular weight excluding hydrogens is 486 g/mol. The van der Waals surface area contributed by atoms with Crippen molar-refractivity contribution < 1.29 is 34.8 Å². The highest BCUT2D eigenvalue weighted by atomic mass is 32.2. The number of anilines is 1. The first-order valence-corrected chi connectivity index (χ1v) is 12.2. The van der Waals surface area contributed by atoms with Crippen LogP contribution in [0, 0.1) is 11.3 Å². The Morgan fingerprint density at radius 1 is 1.15 bits per heavy atom. The van der Waals surface area contributed by atoms with Crippen LogP contribution in [0.3, 0.4) is 0 Å². The highest BCUT2D eigenvalue weighted by molar-refractivity contribution is 7.89. The lowest BCUT2D eigenvalue weighted by Gasteiger charge is -2.50. The molecule has 3 saturated carbocycles. The van der Waals surface area contributed by atoms with Crippen LogP contribution < -0.4 is 4.90 Å². The van der Waals surface area contributed by atoms with Gasteiger partial charge in [-0.25, -0.2) is 13.4 Å². The van der Waals surface area contributed by atoms with Gasteiger partial charge >= 0.3 is 21.7 Å². The Morgan fingerprint density at radius 3 is 2.44 bits per heavy atom. The van der Waals surface area contributed by atoms with Gasteiger partial charge in [-0.15, -0.1) is 0 Å². The van der Waals surface area contributed by atoms with Crippen LogP contribution in [0.15, 0.2) is 30.7 Å². The number of rotatable bonds is 4. The molecule has 2 aromatic rings. The lowest BCUT2D eigenvalue weighted by atomic mass is 9.64. The predicted molar refractivity (Wildman–Crippen MR) is 110 cm³/mol. The van der Waals surface area contributed by atoms with E-state index in [-0.39, 0.29) is 12.1 Å². The number of aromatic amines is 1. The Bertz CT molecular complexity index is 1170. The molecule has 1 aliphatic heterocycles. The van der Waals surface area contributed by atoms with E-state index < -0.39 is 51.8 Å². The van der Waals surface area contributed by atoms with E-state index in [0.29, 0.717) is 21.6 Å². The summed E-state index contributed by atoms with van der Waals surface area (Å²) in [4.78, 5) is 8.67. The van der Waals surface area contributed by atoms with Gasteiger partial charge in [0.25, 0.3) is 0 Å². The van der Waals surface area contributed by atoms with Crippen LogP contribution in [0.1, 0.15) is 42.5 Å². The van der Waals surface area contributed by atoms with Crippen molar-refractivity contribution in [3.05, 3.63) is 47.5 Å². The fraction of sp³-hybridized carbons (Fsp3) is 0.571. The molecule has 34 heavy (non-hydrogen) atoms. The van der Waals surface area contributed by atoms with Gasteiger partial charge in [0.1, 0.15) is 0 Å². The van der Waals surface area contributed by atoms with E-state index in [1.165, 1.54) is 18.6 Å². The first-order valence-electron chi connectivity index (χ1n) is 10.8. The number of fused-ring (bicyclic) bond motifs is 2. The van der Waals surface area contributed by atoms with Crippen LogP contribution in [0.5, 0.6) is 0 Å². The van der Waals surface area contributed by atoms with Gasteiger partial charge in [-0.3, -0.25) is 0 Å². The molecule has 1 aromatic heterocycles. The van der Waals surface area contributed by atoms with E-state index in [4.69, 9.17) is 0 Å². The zero-order chi connectivity index (χ0) is 24.5. The summed E-state index contributed by atoms with van der Waals surface area (Å²) in [5, 5.41) is 0. The van der Waals surface area contributed by atoms with Crippen molar-refractivity contribution in [2.45, 2.75) is 56.5 Å². The first kappa shape index (κ1) is 23.5. The van der Waals surface area contributed by atoms with E-state index in [1.54, 1.807) is 4.90 Å². The van der Waals surface area contributed by atoms with Crippen LogP contribution in [0.2, 0.25) is 0 Å². The molecule has 2 heterocycles. The number of nitrogens with zero attached hydrogens (tertiary/aromatic N) is 3. The van der Waals surface area contributed by atoms with Crippen LogP contribution in [0.4, 0.5) is 32.0 Å². The molecule has 1 N–H and O–H groups in total. The number of H-pyrrole nitrogens is 1. The molecule has 3 fully saturated rings. The Hall–Kier alpha value is -2.28. The lowest BCUT2D eigenvalue weighted by molar-refractivity contribution is -0.137. The van der Waals surface area contributed by atoms with Crippen molar-refractivity contribution >= 4 is 15.7 Å². The molecule has 1 atom stereocenters. The third-order valence-electron chi connectivity index (χ3n) is 7.49. The fourth-order valence-corrected chi connectivity index (χ4v) is 6.85. The van der Waals surface area contributed by atoms with Gasteiger partial charge in [0.05, 0.1) is 24.1 Å². The molecule has 0 amide bonds. The number of halogens is 6. The number of imidazole rings is 1. The Balaban J connectivity index is 1.67. The molecular formula is C21H22F6N4O2S. The fourth-order valence-electron chi connectivity index (χ4n) is 5.91. The third kappa shape index (κ3) is 3.76. The molecule has 0 unspecified atom stereocenters. The molecule has 4 aliphatic rings. The number of sulfonamides is 1. The minimum Gasteiger partial charge on any atom is -0.361 e. The van der Waals surface area contributed by atoms with Crippen LogP contribution in [-0.4, -0.2) is 40.8 Å². The zero-order valence-electron chi connectivity index (χ0n) is 17.8. The predicted octanol–water partition coefficient (Wildman–Crippen LogP) is 4.66. The first-order chi connectivity index (χ1) is 15.8.